The Morgan fingerprint density at radius 1 is 1.23 bits per heavy atom. The molecule has 1 amide bonds. The number of sulfonamides is 1. The number of hydrogen-bond donors (Lipinski definition) is 2. The van der Waals surface area contributed by atoms with Gasteiger partial charge in [0.25, 0.3) is 0 Å². The molecule has 0 spiro atoms. The summed E-state index contributed by atoms with van der Waals surface area (Å²) in [4.78, 5) is 12.8. The van der Waals surface area contributed by atoms with Crippen molar-refractivity contribution in [3.63, 3.8) is 0 Å². The van der Waals surface area contributed by atoms with Gasteiger partial charge in [-0.25, -0.2) is 8.42 Å². The van der Waals surface area contributed by atoms with E-state index in [1.165, 1.54) is 0 Å². The van der Waals surface area contributed by atoms with Gasteiger partial charge in [-0.3, -0.25) is 4.79 Å². The summed E-state index contributed by atoms with van der Waals surface area (Å²) < 4.78 is 27.6. The van der Waals surface area contributed by atoms with Crippen molar-refractivity contribution in [1.29, 1.82) is 0 Å². The van der Waals surface area contributed by atoms with E-state index in [0.29, 0.717) is 29.6 Å². The zero-order valence-electron chi connectivity index (χ0n) is 15.4. The zero-order chi connectivity index (χ0) is 18.6. The second kappa shape index (κ2) is 8.50. The van der Waals surface area contributed by atoms with Gasteiger partial charge >= 0.3 is 0 Å². The largest absolute Gasteiger partial charge is 0.352 e. The van der Waals surface area contributed by atoms with Crippen molar-refractivity contribution < 1.29 is 13.2 Å². The average Bonchev–Trinajstić information content (AvgIpc) is 2.67. The molecule has 0 aliphatic carbocycles. The van der Waals surface area contributed by atoms with Crippen LogP contribution < -0.4 is 10.6 Å². The fourth-order valence-corrected chi connectivity index (χ4v) is 5.58. The monoisotopic (exact) mass is 379 g/mol. The molecule has 3 rings (SSSR count). The molecule has 0 aromatic heterocycles. The summed E-state index contributed by atoms with van der Waals surface area (Å²) in [7, 11) is -3.50. The van der Waals surface area contributed by atoms with Crippen molar-refractivity contribution >= 4 is 15.9 Å². The molecular weight excluding hydrogens is 350 g/mol. The SMILES string of the molecule is C[C@H]1C[C@@H](C(=O)NCc2ccccc2S(=O)(=O)N2CCCCC2)CCN1. The van der Waals surface area contributed by atoms with Crippen LogP contribution in [-0.4, -0.2) is 44.3 Å². The van der Waals surface area contributed by atoms with Crippen LogP contribution in [-0.2, 0) is 21.4 Å². The van der Waals surface area contributed by atoms with E-state index in [9.17, 15) is 13.2 Å². The van der Waals surface area contributed by atoms with Gasteiger partial charge in [-0.2, -0.15) is 4.31 Å². The highest BCUT2D eigenvalue weighted by molar-refractivity contribution is 7.89. The smallest absolute Gasteiger partial charge is 0.243 e. The number of nitrogens with one attached hydrogen (secondary N) is 2. The lowest BCUT2D eigenvalue weighted by molar-refractivity contribution is -0.126. The van der Waals surface area contributed by atoms with Crippen molar-refractivity contribution in [3.8, 4) is 0 Å². The first-order valence-corrected chi connectivity index (χ1v) is 11.0. The fraction of sp³-hybridized carbons (Fsp3) is 0.632. The maximum absolute atomic E-state index is 13.0. The maximum atomic E-state index is 13.0. The van der Waals surface area contributed by atoms with Crippen LogP contribution in [0.3, 0.4) is 0 Å². The summed E-state index contributed by atoms with van der Waals surface area (Å²) in [6.45, 7) is 4.34. The predicted molar refractivity (Wildman–Crippen MR) is 101 cm³/mol. The molecule has 144 valence electrons. The minimum atomic E-state index is -3.50. The van der Waals surface area contributed by atoms with E-state index in [-0.39, 0.29) is 18.4 Å². The minimum Gasteiger partial charge on any atom is -0.352 e. The van der Waals surface area contributed by atoms with Gasteiger partial charge in [0, 0.05) is 31.6 Å². The molecule has 26 heavy (non-hydrogen) atoms. The highest BCUT2D eigenvalue weighted by Gasteiger charge is 2.29. The second-order valence-corrected chi connectivity index (χ2v) is 9.27. The Morgan fingerprint density at radius 2 is 1.96 bits per heavy atom. The number of rotatable bonds is 5. The predicted octanol–water partition coefficient (Wildman–Crippen LogP) is 1.87. The van der Waals surface area contributed by atoms with Gasteiger partial charge in [0.05, 0.1) is 4.90 Å². The van der Waals surface area contributed by atoms with Crippen molar-refractivity contribution in [2.24, 2.45) is 5.92 Å². The van der Waals surface area contributed by atoms with Crippen LogP contribution in [0.5, 0.6) is 0 Å². The molecule has 2 atom stereocenters. The summed E-state index contributed by atoms with van der Waals surface area (Å²) in [5, 5.41) is 6.30. The molecule has 0 unspecified atom stereocenters. The van der Waals surface area contributed by atoms with Crippen LogP contribution in [0.15, 0.2) is 29.2 Å². The third-order valence-corrected chi connectivity index (χ3v) is 7.35. The molecule has 1 aromatic rings. The molecule has 0 bridgehead atoms. The Bertz CT molecular complexity index is 729. The zero-order valence-corrected chi connectivity index (χ0v) is 16.2. The van der Waals surface area contributed by atoms with Gasteiger partial charge in [-0.15, -0.1) is 0 Å². The number of amides is 1. The molecule has 2 saturated heterocycles. The Kier molecular flexibility index (Phi) is 6.32. The maximum Gasteiger partial charge on any atom is 0.243 e. The molecule has 7 heteroatoms. The third kappa shape index (κ3) is 4.45. The standard InChI is InChI=1S/C19H29N3O3S/c1-15-13-16(9-10-20-15)19(23)21-14-17-7-3-4-8-18(17)26(24,25)22-11-5-2-6-12-22/h3-4,7-8,15-16,20H,2,5-6,9-14H2,1H3,(H,21,23)/t15-,16-/m0/s1. The summed E-state index contributed by atoms with van der Waals surface area (Å²) in [5.74, 6) is 0.0145. The first-order chi connectivity index (χ1) is 12.5. The Morgan fingerprint density at radius 3 is 2.69 bits per heavy atom. The molecular formula is C19H29N3O3S. The summed E-state index contributed by atoms with van der Waals surface area (Å²) >= 11 is 0. The van der Waals surface area contributed by atoms with E-state index >= 15 is 0 Å². The van der Waals surface area contributed by atoms with Crippen LogP contribution in [0.25, 0.3) is 0 Å². The van der Waals surface area contributed by atoms with E-state index < -0.39 is 10.0 Å². The molecule has 0 radical (unpaired) electrons. The van der Waals surface area contributed by atoms with E-state index in [2.05, 4.69) is 17.6 Å². The molecule has 6 nitrogen and oxygen atoms in total. The Balaban J connectivity index is 1.70. The summed E-state index contributed by atoms with van der Waals surface area (Å²) in [6.07, 6.45) is 4.54. The lowest BCUT2D eigenvalue weighted by Crippen LogP contribution is -2.42. The van der Waals surface area contributed by atoms with Crippen LogP contribution in [0.4, 0.5) is 0 Å². The van der Waals surface area contributed by atoms with Gasteiger partial charge in [0.2, 0.25) is 15.9 Å². The number of benzene rings is 1. The third-order valence-electron chi connectivity index (χ3n) is 5.35. The number of carbonyl (C=O) groups is 1. The normalized spacial score (nSPS) is 25.0. The van der Waals surface area contributed by atoms with Crippen molar-refractivity contribution in [3.05, 3.63) is 29.8 Å². The average molecular weight is 380 g/mol. The summed E-state index contributed by atoms with van der Waals surface area (Å²) in [5.41, 5.74) is 0.661. The molecule has 2 aliphatic heterocycles. The molecule has 2 N–H and O–H groups in total. The molecule has 1 aromatic carbocycles. The number of carbonyl (C=O) groups excluding carboxylic acids is 1. The first kappa shape index (κ1) is 19.3. The number of piperidine rings is 2. The minimum absolute atomic E-state index is 0.00267. The van der Waals surface area contributed by atoms with Gasteiger partial charge < -0.3 is 10.6 Å². The van der Waals surface area contributed by atoms with Crippen LogP contribution in [0, 0.1) is 5.92 Å². The van der Waals surface area contributed by atoms with E-state index in [1.54, 1.807) is 22.5 Å². The topological polar surface area (TPSA) is 78.5 Å². The van der Waals surface area contributed by atoms with Crippen LogP contribution in [0.1, 0.15) is 44.6 Å². The van der Waals surface area contributed by atoms with E-state index in [1.807, 2.05) is 6.07 Å². The lowest BCUT2D eigenvalue weighted by Gasteiger charge is -2.28. The van der Waals surface area contributed by atoms with Crippen molar-refractivity contribution in [2.45, 2.75) is 56.5 Å². The van der Waals surface area contributed by atoms with Gasteiger partial charge in [-0.05, 0) is 50.8 Å². The van der Waals surface area contributed by atoms with Crippen LogP contribution >= 0.6 is 0 Å². The van der Waals surface area contributed by atoms with E-state index in [0.717, 1.165) is 38.6 Å². The van der Waals surface area contributed by atoms with E-state index in [4.69, 9.17) is 0 Å². The number of hydrogen-bond acceptors (Lipinski definition) is 4. The molecule has 2 fully saturated rings. The molecule has 2 heterocycles. The second-order valence-electron chi connectivity index (χ2n) is 7.37. The molecule has 0 saturated carbocycles. The lowest BCUT2D eigenvalue weighted by atomic mass is 9.92. The Labute approximate surface area is 156 Å². The fourth-order valence-electron chi connectivity index (χ4n) is 3.84. The van der Waals surface area contributed by atoms with Gasteiger partial charge in [0.1, 0.15) is 0 Å². The Hall–Kier alpha value is -1.44. The molecule has 2 aliphatic rings. The highest BCUT2D eigenvalue weighted by atomic mass is 32.2. The van der Waals surface area contributed by atoms with Gasteiger partial charge in [-0.1, -0.05) is 24.6 Å². The highest BCUT2D eigenvalue weighted by Crippen LogP contribution is 2.24. The van der Waals surface area contributed by atoms with Crippen molar-refractivity contribution in [2.75, 3.05) is 19.6 Å². The first-order valence-electron chi connectivity index (χ1n) is 9.57. The van der Waals surface area contributed by atoms with Gasteiger partial charge in [0.15, 0.2) is 0 Å². The quantitative estimate of drug-likeness (QED) is 0.819. The van der Waals surface area contributed by atoms with Crippen LogP contribution in [0.2, 0.25) is 0 Å². The van der Waals surface area contributed by atoms with Crippen molar-refractivity contribution in [1.82, 2.24) is 14.9 Å². The summed E-state index contributed by atoms with van der Waals surface area (Å²) in [6, 6.07) is 7.35. The number of nitrogens with zero attached hydrogens (tertiary/aromatic N) is 1.